The van der Waals surface area contributed by atoms with E-state index in [4.69, 9.17) is 4.74 Å². The number of benzene rings is 1. The van der Waals surface area contributed by atoms with Gasteiger partial charge in [-0.25, -0.2) is 0 Å². The zero-order chi connectivity index (χ0) is 13.7. The highest BCUT2D eigenvalue weighted by molar-refractivity contribution is 9.09. The third-order valence-electron chi connectivity index (χ3n) is 3.05. The van der Waals surface area contributed by atoms with Gasteiger partial charge in [-0.1, -0.05) is 40.2 Å². The lowest BCUT2D eigenvalue weighted by Crippen LogP contribution is -2.03. The fourth-order valence-corrected chi connectivity index (χ4v) is 2.72. The highest BCUT2D eigenvalue weighted by Gasteiger charge is 2.15. The first kappa shape index (κ1) is 14.1. The minimum Gasteiger partial charge on any atom is -0.494 e. The van der Waals surface area contributed by atoms with E-state index in [2.05, 4.69) is 40.0 Å². The van der Waals surface area contributed by atoms with Gasteiger partial charge in [-0.3, -0.25) is 4.98 Å². The Morgan fingerprint density at radius 3 is 2.74 bits per heavy atom. The molecule has 0 saturated heterocycles. The van der Waals surface area contributed by atoms with Gasteiger partial charge < -0.3 is 4.74 Å². The number of pyridine rings is 1. The van der Waals surface area contributed by atoms with Crippen molar-refractivity contribution in [2.75, 3.05) is 6.61 Å². The molecule has 0 saturated carbocycles. The molecule has 2 aromatic rings. The van der Waals surface area contributed by atoms with Crippen molar-refractivity contribution in [2.24, 2.45) is 0 Å². The van der Waals surface area contributed by atoms with Crippen LogP contribution in [0.25, 0.3) is 0 Å². The van der Waals surface area contributed by atoms with Crippen LogP contribution in [-0.4, -0.2) is 11.6 Å². The Kier molecular flexibility index (Phi) is 4.97. The zero-order valence-electron chi connectivity index (χ0n) is 11.3. The zero-order valence-corrected chi connectivity index (χ0v) is 12.9. The minimum atomic E-state index is 0.212. The maximum absolute atomic E-state index is 5.68. The van der Waals surface area contributed by atoms with E-state index in [0.29, 0.717) is 6.61 Å². The lowest BCUT2D eigenvalue weighted by Gasteiger charge is -2.15. The van der Waals surface area contributed by atoms with Crippen LogP contribution in [0.1, 0.15) is 28.6 Å². The molecule has 0 spiro atoms. The van der Waals surface area contributed by atoms with Crippen LogP contribution in [0.4, 0.5) is 0 Å². The van der Waals surface area contributed by atoms with E-state index in [0.717, 1.165) is 17.9 Å². The summed E-state index contributed by atoms with van der Waals surface area (Å²) >= 11 is 3.76. The van der Waals surface area contributed by atoms with Crippen LogP contribution in [-0.2, 0) is 6.42 Å². The summed E-state index contributed by atoms with van der Waals surface area (Å²) in [5.74, 6) is 0.945. The topological polar surface area (TPSA) is 22.1 Å². The van der Waals surface area contributed by atoms with Gasteiger partial charge in [0.25, 0.3) is 0 Å². The number of rotatable bonds is 5. The first-order valence-corrected chi connectivity index (χ1v) is 7.40. The molecule has 0 amide bonds. The third-order valence-corrected chi connectivity index (χ3v) is 3.86. The fraction of sp³-hybridized carbons (Fsp3) is 0.312. The molecule has 1 aromatic carbocycles. The van der Waals surface area contributed by atoms with Crippen molar-refractivity contribution >= 4 is 15.9 Å². The Hall–Kier alpha value is -1.35. The van der Waals surface area contributed by atoms with E-state index < -0.39 is 0 Å². The van der Waals surface area contributed by atoms with Crippen LogP contribution in [0.5, 0.6) is 5.75 Å². The summed E-state index contributed by atoms with van der Waals surface area (Å²) < 4.78 is 5.68. The van der Waals surface area contributed by atoms with Crippen LogP contribution in [0.3, 0.4) is 0 Å². The van der Waals surface area contributed by atoms with E-state index >= 15 is 0 Å². The highest BCUT2D eigenvalue weighted by atomic mass is 79.9. The average molecular weight is 320 g/mol. The third kappa shape index (κ3) is 3.57. The normalized spacial score (nSPS) is 12.2. The van der Waals surface area contributed by atoms with Gasteiger partial charge in [0.1, 0.15) is 5.75 Å². The largest absolute Gasteiger partial charge is 0.494 e. The molecule has 2 rings (SSSR count). The monoisotopic (exact) mass is 319 g/mol. The molecular formula is C16H18BrNO. The number of hydrogen-bond acceptors (Lipinski definition) is 2. The minimum absolute atomic E-state index is 0.212. The number of hydrogen-bond donors (Lipinski definition) is 0. The number of aromatic nitrogens is 1. The molecule has 3 heteroatoms. The molecule has 1 aromatic heterocycles. The molecule has 100 valence electrons. The summed E-state index contributed by atoms with van der Waals surface area (Å²) in [4.78, 5) is 4.66. The molecule has 1 atom stereocenters. The van der Waals surface area contributed by atoms with E-state index in [-0.39, 0.29) is 4.83 Å². The predicted octanol–water partition coefficient (Wildman–Crippen LogP) is 4.47. The van der Waals surface area contributed by atoms with Gasteiger partial charge >= 0.3 is 0 Å². The highest BCUT2D eigenvalue weighted by Crippen LogP contribution is 2.33. The van der Waals surface area contributed by atoms with Crippen molar-refractivity contribution in [1.29, 1.82) is 0 Å². The second kappa shape index (κ2) is 6.71. The smallest absolute Gasteiger partial charge is 0.123 e. The van der Waals surface area contributed by atoms with Crippen molar-refractivity contribution in [2.45, 2.75) is 25.1 Å². The molecule has 2 nitrogen and oxygen atoms in total. The molecule has 0 fully saturated rings. The summed E-state index contributed by atoms with van der Waals surface area (Å²) in [5.41, 5.74) is 3.52. The van der Waals surface area contributed by atoms with E-state index in [1.54, 1.807) is 0 Å². The number of nitrogens with zero attached hydrogens (tertiary/aromatic N) is 1. The van der Waals surface area contributed by atoms with Crippen LogP contribution in [0.2, 0.25) is 0 Å². The summed E-state index contributed by atoms with van der Waals surface area (Å²) in [6, 6.07) is 12.2. The van der Waals surface area contributed by atoms with Gasteiger partial charge in [0, 0.05) is 28.7 Å². The Morgan fingerprint density at radius 2 is 2.00 bits per heavy atom. The van der Waals surface area contributed by atoms with Gasteiger partial charge in [0.2, 0.25) is 0 Å². The first-order chi connectivity index (χ1) is 9.22. The molecule has 1 unspecified atom stereocenters. The fourth-order valence-electron chi connectivity index (χ4n) is 2.04. The number of ether oxygens (including phenoxy) is 1. The summed E-state index contributed by atoms with van der Waals surface area (Å²) in [6.07, 6.45) is 2.70. The van der Waals surface area contributed by atoms with Crippen LogP contribution in [0.15, 0.2) is 42.6 Å². The summed E-state index contributed by atoms with van der Waals surface area (Å²) in [6.45, 7) is 4.78. The molecule has 0 aliphatic heterocycles. The second-order valence-electron chi connectivity index (χ2n) is 4.41. The number of para-hydroxylation sites is 1. The molecule has 0 radical (unpaired) electrons. The van der Waals surface area contributed by atoms with Crippen LogP contribution < -0.4 is 4.74 Å². The number of alkyl halides is 1. The molecule has 19 heavy (non-hydrogen) atoms. The Labute approximate surface area is 123 Å². The summed E-state index contributed by atoms with van der Waals surface area (Å²) in [7, 11) is 0. The number of halogens is 1. The second-order valence-corrected chi connectivity index (χ2v) is 5.51. The maximum atomic E-state index is 5.68. The lowest BCUT2D eigenvalue weighted by atomic mass is 10.0. The molecule has 0 bridgehead atoms. The van der Waals surface area contributed by atoms with Crippen LogP contribution >= 0.6 is 15.9 Å². The predicted molar refractivity (Wildman–Crippen MR) is 82.0 cm³/mol. The molecule has 0 N–H and O–H groups in total. The summed E-state index contributed by atoms with van der Waals surface area (Å²) in [5, 5.41) is 0. The SMILES string of the molecule is CCOc1ccccc1C(Br)Cc1ncccc1C. The van der Waals surface area contributed by atoms with Crippen molar-refractivity contribution in [1.82, 2.24) is 4.98 Å². The van der Waals surface area contributed by atoms with Crippen molar-refractivity contribution in [3.8, 4) is 5.75 Å². The van der Waals surface area contributed by atoms with Crippen molar-refractivity contribution in [3.05, 3.63) is 59.4 Å². The van der Waals surface area contributed by atoms with Gasteiger partial charge in [-0.05, 0) is 31.5 Å². The van der Waals surface area contributed by atoms with Gasteiger partial charge in [-0.15, -0.1) is 0 Å². The first-order valence-electron chi connectivity index (χ1n) is 6.48. The molecular weight excluding hydrogens is 302 g/mol. The Morgan fingerprint density at radius 1 is 1.21 bits per heavy atom. The lowest BCUT2D eigenvalue weighted by molar-refractivity contribution is 0.336. The quantitative estimate of drug-likeness (QED) is 0.759. The van der Waals surface area contributed by atoms with Gasteiger partial charge in [0.05, 0.1) is 6.61 Å². The average Bonchev–Trinajstić information content (AvgIpc) is 2.42. The van der Waals surface area contributed by atoms with E-state index in [9.17, 15) is 0 Å². The van der Waals surface area contributed by atoms with Crippen LogP contribution in [0, 0.1) is 6.92 Å². The Bertz CT molecular complexity index is 542. The Balaban J connectivity index is 2.20. The van der Waals surface area contributed by atoms with Crippen molar-refractivity contribution < 1.29 is 4.74 Å². The van der Waals surface area contributed by atoms with Gasteiger partial charge in [0.15, 0.2) is 0 Å². The molecule has 0 aliphatic rings. The maximum Gasteiger partial charge on any atom is 0.123 e. The van der Waals surface area contributed by atoms with E-state index in [1.165, 1.54) is 11.1 Å². The van der Waals surface area contributed by atoms with Gasteiger partial charge in [-0.2, -0.15) is 0 Å². The standard InChI is InChI=1S/C16H18BrNO/c1-3-19-16-9-5-4-8-13(16)14(17)11-15-12(2)7-6-10-18-15/h4-10,14H,3,11H2,1-2H3. The molecule has 0 aliphatic carbocycles. The number of aryl methyl sites for hydroxylation is 1. The molecule has 1 heterocycles. The van der Waals surface area contributed by atoms with Crippen molar-refractivity contribution in [3.63, 3.8) is 0 Å². The van der Waals surface area contributed by atoms with E-state index in [1.807, 2.05) is 37.4 Å².